The fraction of sp³-hybridized carbons (Fsp3) is 0.600. The second-order valence-electron chi connectivity index (χ2n) is 5.47. The van der Waals surface area contributed by atoms with Crippen LogP contribution in [-0.2, 0) is 14.9 Å². The van der Waals surface area contributed by atoms with Crippen molar-refractivity contribution in [2.24, 2.45) is 0 Å². The normalized spacial score (nSPS) is 20.9. The van der Waals surface area contributed by atoms with Gasteiger partial charge in [-0.2, -0.15) is 0 Å². The van der Waals surface area contributed by atoms with Crippen molar-refractivity contribution in [2.75, 3.05) is 13.2 Å². The minimum absolute atomic E-state index is 0.0130. The maximum absolute atomic E-state index is 5.91. The predicted molar refractivity (Wildman–Crippen MR) is 76.7 cm³/mol. The number of hydrogen-bond acceptors (Lipinski definition) is 2. The van der Waals surface area contributed by atoms with Crippen LogP contribution >= 0.6 is 15.9 Å². The van der Waals surface area contributed by atoms with Gasteiger partial charge >= 0.3 is 0 Å². The van der Waals surface area contributed by atoms with Gasteiger partial charge in [0.1, 0.15) is 0 Å². The van der Waals surface area contributed by atoms with Crippen LogP contribution in [0.15, 0.2) is 28.7 Å². The van der Waals surface area contributed by atoms with Crippen LogP contribution in [0.4, 0.5) is 0 Å². The summed E-state index contributed by atoms with van der Waals surface area (Å²) in [5.74, 6) is 0. The molecule has 0 radical (unpaired) electrons. The average molecular weight is 313 g/mol. The van der Waals surface area contributed by atoms with Gasteiger partial charge in [-0.3, -0.25) is 0 Å². The Morgan fingerprint density at radius 2 is 2.11 bits per heavy atom. The molecule has 0 aromatic heterocycles. The second-order valence-corrected chi connectivity index (χ2v) is 6.33. The van der Waals surface area contributed by atoms with Crippen LogP contribution in [0.1, 0.15) is 38.7 Å². The SMILES string of the molecule is CC(C)(COC1CCCCO1)c1ccccc1Br. The van der Waals surface area contributed by atoms with Crippen LogP contribution in [-0.4, -0.2) is 19.5 Å². The molecule has 0 aliphatic carbocycles. The lowest BCUT2D eigenvalue weighted by molar-refractivity contribution is -0.170. The Hall–Kier alpha value is -0.380. The second kappa shape index (κ2) is 6.18. The number of benzene rings is 1. The first-order valence-electron chi connectivity index (χ1n) is 6.58. The summed E-state index contributed by atoms with van der Waals surface area (Å²) in [6.07, 6.45) is 3.38. The lowest BCUT2D eigenvalue weighted by atomic mass is 9.85. The molecule has 1 heterocycles. The molecule has 1 aliphatic rings. The lowest BCUT2D eigenvalue weighted by Crippen LogP contribution is -2.31. The molecule has 1 aromatic rings. The fourth-order valence-electron chi connectivity index (χ4n) is 2.23. The number of halogens is 1. The molecule has 1 fully saturated rings. The zero-order valence-corrected chi connectivity index (χ0v) is 12.7. The topological polar surface area (TPSA) is 18.5 Å². The Kier molecular flexibility index (Phi) is 4.82. The van der Waals surface area contributed by atoms with Crippen molar-refractivity contribution in [2.45, 2.75) is 44.8 Å². The Balaban J connectivity index is 1.96. The molecule has 0 saturated carbocycles. The van der Waals surface area contributed by atoms with E-state index < -0.39 is 0 Å². The summed E-state index contributed by atoms with van der Waals surface area (Å²) in [6.45, 7) is 5.92. The van der Waals surface area contributed by atoms with Crippen molar-refractivity contribution in [3.63, 3.8) is 0 Å². The first kappa shape index (κ1) is 14.0. The van der Waals surface area contributed by atoms with Crippen molar-refractivity contribution in [1.82, 2.24) is 0 Å². The maximum Gasteiger partial charge on any atom is 0.157 e. The van der Waals surface area contributed by atoms with Gasteiger partial charge in [0.2, 0.25) is 0 Å². The van der Waals surface area contributed by atoms with Gasteiger partial charge in [0.05, 0.1) is 6.61 Å². The lowest BCUT2D eigenvalue weighted by Gasteiger charge is -2.30. The van der Waals surface area contributed by atoms with E-state index in [2.05, 4.69) is 48.0 Å². The highest BCUT2D eigenvalue weighted by Crippen LogP contribution is 2.31. The van der Waals surface area contributed by atoms with Crippen molar-refractivity contribution < 1.29 is 9.47 Å². The molecule has 18 heavy (non-hydrogen) atoms. The number of hydrogen-bond donors (Lipinski definition) is 0. The smallest absolute Gasteiger partial charge is 0.157 e. The van der Waals surface area contributed by atoms with E-state index in [4.69, 9.17) is 9.47 Å². The first-order valence-corrected chi connectivity index (χ1v) is 7.37. The summed E-state index contributed by atoms with van der Waals surface area (Å²) in [5, 5.41) is 0. The summed E-state index contributed by atoms with van der Waals surface area (Å²) in [4.78, 5) is 0. The van der Waals surface area contributed by atoms with Crippen molar-refractivity contribution in [3.05, 3.63) is 34.3 Å². The van der Waals surface area contributed by atoms with E-state index >= 15 is 0 Å². The van der Waals surface area contributed by atoms with Gasteiger partial charge in [-0.05, 0) is 30.9 Å². The van der Waals surface area contributed by atoms with E-state index in [1.807, 2.05) is 6.07 Å². The van der Waals surface area contributed by atoms with E-state index in [1.165, 1.54) is 12.0 Å². The number of rotatable bonds is 4. The van der Waals surface area contributed by atoms with Crippen molar-refractivity contribution >= 4 is 15.9 Å². The van der Waals surface area contributed by atoms with Gasteiger partial charge in [-0.25, -0.2) is 0 Å². The van der Waals surface area contributed by atoms with Crippen LogP contribution in [0.3, 0.4) is 0 Å². The molecule has 1 aromatic carbocycles. The number of ether oxygens (including phenoxy) is 2. The van der Waals surface area contributed by atoms with E-state index in [0.717, 1.165) is 23.9 Å². The molecule has 0 N–H and O–H groups in total. The molecule has 0 bridgehead atoms. The summed E-state index contributed by atoms with van der Waals surface area (Å²) in [7, 11) is 0. The van der Waals surface area contributed by atoms with Gasteiger partial charge in [-0.15, -0.1) is 0 Å². The van der Waals surface area contributed by atoms with Gasteiger partial charge in [0, 0.05) is 16.5 Å². The van der Waals surface area contributed by atoms with Gasteiger partial charge in [0.15, 0.2) is 6.29 Å². The third-order valence-corrected chi connectivity index (χ3v) is 4.06. The van der Waals surface area contributed by atoms with Crippen molar-refractivity contribution in [3.8, 4) is 0 Å². The van der Waals surface area contributed by atoms with Crippen molar-refractivity contribution in [1.29, 1.82) is 0 Å². The Morgan fingerprint density at radius 3 is 2.78 bits per heavy atom. The Labute approximate surface area is 118 Å². The molecule has 100 valence electrons. The van der Waals surface area contributed by atoms with E-state index in [-0.39, 0.29) is 11.7 Å². The van der Waals surface area contributed by atoms with Gasteiger partial charge < -0.3 is 9.47 Å². The minimum atomic E-state index is -0.0134. The van der Waals surface area contributed by atoms with Crippen LogP contribution < -0.4 is 0 Å². The first-order chi connectivity index (χ1) is 8.59. The molecule has 1 unspecified atom stereocenters. The van der Waals surface area contributed by atoms with E-state index in [1.54, 1.807) is 0 Å². The Morgan fingerprint density at radius 1 is 1.33 bits per heavy atom. The van der Waals surface area contributed by atoms with Crippen LogP contribution in [0.2, 0.25) is 0 Å². The zero-order chi connectivity index (χ0) is 13.0. The third-order valence-electron chi connectivity index (χ3n) is 3.37. The van der Waals surface area contributed by atoms with Gasteiger partial charge in [-0.1, -0.05) is 48.0 Å². The molecular formula is C15H21BrO2. The van der Waals surface area contributed by atoms with Gasteiger partial charge in [0.25, 0.3) is 0 Å². The molecule has 1 atom stereocenters. The molecule has 3 heteroatoms. The average Bonchev–Trinajstić information content (AvgIpc) is 2.38. The minimum Gasteiger partial charge on any atom is -0.353 e. The monoisotopic (exact) mass is 312 g/mol. The summed E-state index contributed by atoms with van der Waals surface area (Å²) < 4.78 is 12.7. The highest BCUT2D eigenvalue weighted by atomic mass is 79.9. The molecule has 2 rings (SSSR count). The standard InChI is InChI=1S/C15H21BrO2/c1-15(2,12-7-3-4-8-13(12)16)11-18-14-9-5-6-10-17-14/h3-4,7-8,14H,5-6,9-11H2,1-2H3. The van der Waals surface area contributed by atoms with Crippen LogP contribution in [0, 0.1) is 0 Å². The fourth-order valence-corrected chi connectivity index (χ4v) is 3.05. The summed E-state index contributed by atoms with van der Waals surface area (Å²) in [5.41, 5.74) is 1.27. The quantitative estimate of drug-likeness (QED) is 0.826. The predicted octanol–water partition coefficient (Wildman–Crippen LogP) is 4.27. The molecule has 2 nitrogen and oxygen atoms in total. The third kappa shape index (κ3) is 3.56. The van der Waals surface area contributed by atoms with E-state index in [0.29, 0.717) is 6.61 Å². The highest BCUT2D eigenvalue weighted by molar-refractivity contribution is 9.10. The molecule has 1 saturated heterocycles. The van der Waals surface area contributed by atoms with Crippen LogP contribution in [0.5, 0.6) is 0 Å². The largest absolute Gasteiger partial charge is 0.353 e. The summed E-state index contributed by atoms with van der Waals surface area (Å²) in [6, 6.07) is 8.33. The molecule has 1 aliphatic heterocycles. The highest BCUT2D eigenvalue weighted by Gasteiger charge is 2.25. The van der Waals surface area contributed by atoms with E-state index in [9.17, 15) is 0 Å². The molecular weight excluding hydrogens is 292 g/mol. The maximum atomic E-state index is 5.91. The zero-order valence-electron chi connectivity index (χ0n) is 11.1. The summed E-state index contributed by atoms with van der Waals surface area (Å²) >= 11 is 3.61. The van der Waals surface area contributed by atoms with Crippen LogP contribution in [0.25, 0.3) is 0 Å². The Bertz CT molecular complexity index is 384. The molecule has 0 amide bonds. The molecule has 0 spiro atoms.